The van der Waals surface area contributed by atoms with Gasteiger partial charge in [-0.05, 0) is 35.9 Å². The molecule has 0 radical (unpaired) electrons. The van der Waals surface area contributed by atoms with Crippen LogP contribution in [0.15, 0.2) is 71.9 Å². The summed E-state index contributed by atoms with van der Waals surface area (Å²) in [6.45, 7) is 4.00. The van der Waals surface area contributed by atoms with Crippen LogP contribution in [-0.2, 0) is 9.53 Å². The van der Waals surface area contributed by atoms with Crippen molar-refractivity contribution in [1.29, 1.82) is 0 Å². The van der Waals surface area contributed by atoms with E-state index in [4.69, 9.17) is 9.47 Å². The molecule has 0 bridgehead atoms. The van der Waals surface area contributed by atoms with E-state index in [-0.39, 0.29) is 17.2 Å². The molecule has 1 aliphatic rings. The van der Waals surface area contributed by atoms with Gasteiger partial charge in [0.1, 0.15) is 18.2 Å². The van der Waals surface area contributed by atoms with Gasteiger partial charge in [0.2, 0.25) is 5.90 Å². The second kappa shape index (κ2) is 6.91. The Morgan fingerprint density at radius 1 is 1.17 bits per heavy atom. The molecule has 0 aromatic heterocycles. The lowest BCUT2D eigenvalue weighted by atomic mass is 10.2. The molecule has 0 spiro atoms. The van der Waals surface area contributed by atoms with E-state index in [0.29, 0.717) is 12.4 Å². The number of nitrogens with zero attached hydrogens (tertiary/aromatic N) is 1. The molecule has 4 nitrogen and oxygen atoms in total. The van der Waals surface area contributed by atoms with Gasteiger partial charge in [0.05, 0.1) is 5.56 Å². The van der Waals surface area contributed by atoms with Crippen LogP contribution < -0.4 is 4.74 Å². The molecule has 2 aromatic carbocycles. The number of carbonyl (C=O) groups is 1. The number of cyclic esters (lactones) is 1. The number of benzene rings is 2. The van der Waals surface area contributed by atoms with Crippen molar-refractivity contribution < 1.29 is 18.7 Å². The quantitative estimate of drug-likeness (QED) is 0.478. The highest BCUT2D eigenvalue weighted by Gasteiger charge is 2.25. The van der Waals surface area contributed by atoms with Crippen molar-refractivity contribution in [1.82, 2.24) is 0 Å². The van der Waals surface area contributed by atoms with Gasteiger partial charge in [-0.15, -0.1) is 0 Å². The van der Waals surface area contributed by atoms with Crippen LogP contribution in [-0.4, -0.2) is 18.5 Å². The van der Waals surface area contributed by atoms with Gasteiger partial charge in [0.15, 0.2) is 5.70 Å². The summed E-state index contributed by atoms with van der Waals surface area (Å²) >= 11 is 0. The number of carbonyl (C=O) groups excluding carboxylic acids is 1. The first kappa shape index (κ1) is 15.7. The van der Waals surface area contributed by atoms with E-state index in [1.54, 1.807) is 48.6 Å². The van der Waals surface area contributed by atoms with Crippen LogP contribution in [0.4, 0.5) is 4.39 Å². The minimum atomic E-state index is -0.611. The highest BCUT2D eigenvalue weighted by molar-refractivity contribution is 6.12. The van der Waals surface area contributed by atoms with Crippen molar-refractivity contribution in [3.8, 4) is 5.75 Å². The Hall–Kier alpha value is -3.21. The molecule has 0 fully saturated rings. The number of hydrogen-bond donors (Lipinski definition) is 0. The summed E-state index contributed by atoms with van der Waals surface area (Å²) < 4.78 is 24.2. The summed E-state index contributed by atoms with van der Waals surface area (Å²) in [5.41, 5.74) is 1.03. The van der Waals surface area contributed by atoms with E-state index >= 15 is 0 Å². The second-order valence-electron chi connectivity index (χ2n) is 4.98. The summed E-state index contributed by atoms with van der Waals surface area (Å²) in [7, 11) is 0. The third kappa shape index (κ3) is 3.41. The van der Waals surface area contributed by atoms with E-state index in [1.165, 1.54) is 12.1 Å². The molecule has 0 aliphatic carbocycles. The standard InChI is InChI=1S/C19H14FNO3/c1-2-11-23-14-9-7-13(8-10-14)12-17-19(22)24-18(21-17)15-5-3-4-6-16(15)20/h2-10,12H,1,11H2/b17-12-. The van der Waals surface area contributed by atoms with Crippen molar-refractivity contribution in [2.45, 2.75) is 0 Å². The molecule has 1 aliphatic heterocycles. The summed E-state index contributed by atoms with van der Waals surface area (Å²) in [5, 5.41) is 0. The Kier molecular flexibility index (Phi) is 4.52. The maximum absolute atomic E-state index is 13.8. The normalized spacial score (nSPS) is 15.1. The lowest BCUT2D eigenvalue weighted by Crippen LogP contribution is -2.07. The highest BCUT2D eigenvalue weighted by Crippen LogP contribution is 2.21. The summed E-state index contributed by atoms with van der Waals surface area (Å²) in [6, 6.07) is 13.1. The van der Waals surface area contributed by atoms with Crippen LogP contribution in [0.1, 0.15) is 11.1 Å². The summed E-state index contributed by atoms with van der Waals surface area (Å²) in [6.07, 6.45) is 3.23. The maximum atomic E-state index is 13.8. The first-order valence-electron chi connectivity index (χ1n) is 7.28. The maximum Gasteiger partial charge on any atom is 0.363 e. The molecule has 5 heteroatoms. The average molecular weight is 323 g/mol. The van der Waals surface area contributed by atoms with Crippen LogP contribution in [0, 0.1) is 5.82 Å². The minimum Gasteiger partial charge on any atom is -0.490 e. The number of aliphatic imine (C=N–C) groups is 1. The molecule has 0 saturated heterocycles. The van der Waals surface area contributed by atoms with Gasteiger partial charge in [-0.25, -0.2) is 14.2 Å². The number of hydrogen-bond acceptors (Lipinski definition) is 4. The van der Waals surface area contributed by atoms with Crippen LogP contribution in [0.3, 0.4) is 0 Å². The molecular weight excluding hydrogens is 309 g/mol. The molecule has 0 saturated carbocycles. The average Bonchev–Trinajstić information content (AvgIpc) is 2.95. The fourth-order valence-electron chi connectivity index (χ4n) is 2.13. The molecule has 24 heavy (non-hydrogen) atoms. The Labute approximate surface area is 138 Å². The van der Waals surface area contributed by atoms with Crippen molar-refractivity contribution in [2.24, 2.45) is 4.99 Å². The number of ether oxygens (including phenoxy) is 2. The summed E-state index contributed by atoms with van der Waals surface area (Å²) in [4.78, 5) is 16.0. The zero-order valence-corrected chi connectivity index (χ0v) is 12.7. The predicted molar refractivity (Wildman–Crippen MR) is 89.1 cm³/mol. The van der Waals surface area contributed by atoms with E-state index in [1.807, 2.05) is 0 Å². The monoisotopic (exact) mass is 323 g/mol. The minimum absolute atomic E-state index is 0.0321. The molecule has 3 rings (SSSR count). The van der Waals surface area contributed by atoms with Crippen LogP contribution >= 0.6 is 0 Å². The van der Waals surface area contributed by atoms with Gasteiger partial charge in [-0.2, -0.15) is 0 Å². The van der Waals surface area contributed by atoms with Gasteiger partial charge in [0.25, 0.3) is 0 Å². The van der Waals surface area contributed by atoms with Gasteiger partial charge >= 0.3 is 5.97 Å². The smallest absolute Gasteiger partial charge is 0.363 e. The van der Waals surface area contributed by atoms with Gasteiger partial charge < -0.3 is 9.47 Å². The number of rotatable bonds is 5. The van der Waals surface area contributed by atoms with Crippen LogP contribution in [0.5, 0.6) is 5.75 Å². The first-order chi connectivity index (χ1) is 11.7. The largest absolute Gasteiger partial charge is 0.490 e. The van der Waals surface area contributed by atoms with Gasteiger partial charge in [-0.1, -0.05) is 36.9 Å². The molecule has 120 valence electrons. The Balaban J connectivity index is 1.83. The van der Waals surface area contributed by atoms with E-state index in [2.05, 4.69) is 11.6 Å². The predicted octanol–water partition coefficient (Wildman–Crippen LogP) is 3.74. The van der Waals surface area contributed by atoms with E-state index in [0.717, 1.165) is 5.56 Å². The third-order valence-electron chi connectivity index (χ3n) is 3.28. The Morgan fingerprint density at radius 3 is 2.62 bits per heavy atom. The molecule has 2 aromatic rings. The third-order valence-corrected chi connectivity index (χ3v) is 3.28. The molecule has 0 N–H and O–H groups in total. The van der Waals surface area contributed by atoms with Crippen molar-refractivity contribution in [3.05, 3.63) is 83.8 Å². The van der Waals surface area contributed by atoms with Crippen LogP contribution in [0.25, 0.3) is 6.08 Å². The van der Waals surface area contributed by atoms with Gasteiger partial charge in [0, 0.05) is 0 Å². The van der Waals surface area contributed by atoms with Crippen LogP contribution in [0.2, 0.25) is 0 Å². The van der Waals surface area contributed by atoms with E-state index in [9.17, 15) is 9.18 Å². The molecule has 0 amide bonds. The molecule has 0 unspecified atom stereocenters. The molecule has 0 atom stereocenters. The van der Waals surface area contributed by atoms with Crippen molar-refractivity contribution in [3.63, 3.8) is 0 Å². The highest BCUT2D eigenvalue weighted by atomic mass is 19.1. The number of esters is 1. The Bertz CT molecular complexity index is 838. The Morgan fingerprint density at radius 2 is 1.92 bits per heavy atom. The SMILES string of the molecule is C=CCOc1ccc(/C=C2\N=C(c3ccccc3F)OC2=O)cc1. The lowest BCUT2D eigenvalue weighted by Gasteiger charge is -2.02. The van der Waals surface area contributed by atoms with Crippen molar-refractivity contribution >= 4 is 17.9 Å². The zero-order chi connectivity index (χ0) is 16.9. The van der Waals surface area contributed by atoms with Gasteiger partial charge in [-0.3, -0.25) is 0 Å². The fourth-order valence-corrected chi connectivity index (χ4v) is 2.13. The second-order valence-corrected chi connectivity index (χ2v) is 4.98. The topological polar surface area (TPSA) is 47.9 Å². The molecule has 1 heterocycles. The first-order valence-corrected chi connectivity index (χ1v) is 7.28. The zero-order valence-electron chi connectivity index (χ0n) is 12.7. The number of halogens is 1. The van der Waals surface area contributed by atoms with E-state index < -0.39 is 11.8 Å². The summed E-state index contributed by atoms with van der Waals surface area (Å²) in [5.74, 6) is -0.439. The lowest BCUT2D eigenvalue weighted by molar-refractivity contribution is -0.129. The fraction of sp³-hybridized carbons (Fsp3) is 0.0526. The van der Waals surface area contributed by atoms with Crippen molar-refractivity contribution in [2.75, 3.05) is 6.61 Å². The molecular formula is C19H14FNO3.